The van der Waals surface area contributed by atoms with E-state index in [9.17, 15) is 4.79 Å². The number of amides is 1. The second-order valence-electron chi connectivity index (χ2n) is 3.43. The molecular weight excluding hydrogens is 204 g/mol. The Kier molecular flexibility index (Phi) is 5.25. The predicted octanol–water partition coefficient (Wildman–Crippen LogP) is 1.44. The molecule has 5 heteroatoms. The van der Waals surface area contributed by atoms with E-state index in [0.717, 1.165) is 19.4 Å². The van der Waals surface area contributed by atoms with Gasteiger partial charge < -0.3 is 10.6 Å². The van der Waals surface area contributed by atoms with Crippen LogP contribution in [0.1, 0.15) is 37.2 Å². The third-order valence-electron chi connectivity index (χ3n) is 2.06. The highest BCUT2D eigenvalue weighted by Crippen LogP contribution is 2.00. The molecule has 16 heavy (non-hydrogen) atoms. The molecule has 1 aromatic rings. The lowest BCUT2D eigenvalue weighted by Crippen LogP contribution is -2.25. The Hall–Kier alpha value is -1.65. The molecule has 0 radical (unpaired) electrons. The third kappa shape index (κ3) is 3.84. The molecule has 1 amide bonds. The van der Waals surface area contributed by atoms with Gasteiger partial charge in [-0.1, -0.05) is 13.3 Å². The highest BCUT2D eigenvalue weighted by Gasteiger charge is 2.06. The summed E-state index contributed by atoms with van der Waals surface area (Å²) in [6.07, 6.45) is 5.09. The van der Waals surface area contributed by atoms with Gasteiger partial charge in [-0.25, -0.2) is 9.97 Å². The average Bonchev–Trinajstić information content (AvgIpc) is 2.30. The first kappa shape index (κ1) is 12.4. The fraction of sp³-hybridized carbons (Fsp3) is 0.545. The third-order valence-corrected chi connectivity index (χ3v) is 2.06. The zero-order valence-corrected chi connectivity index (χ0v) is 9.79. The Balaban J connectivity index is 2.49. The zero-order chi connectivity index (χ0) is 11.8. The van der Waals surface area contributed by atoms with E-state index in [0.29, 0.717) is 18.1 Å². The van der Waals surface area contributed by atoms with Crippen molar-refractivity contribution in [3.63, 3.8) is 0 Å². The van der Waals surface area contributed by atoms with Crippen molar-refractivity contribution in [1.82, 2.24) is 15.3 Å². The number of aromatic nitrogens is 2. The maximum Gasteiger partial charge on any atom is 0.271 e. The first-order valence-electron chi connectivity index (χ1n) is 5.62. The van der Waals surface area contributed by atoms with Gasteiger partial charge in [0.05, 0.1) is 12.4 Å². The molecule has 1 heterocycles. The van der Waals surface area contributed by atoms with Gasteiger partial charge in [0, 0.05) is 13.1 Å². The van der Waals surface area contributed by atoms with E-state index in [1.165, 1.54) is 6.20 Å². The number of hydrogen-bond acceptors (Lipinski definition) is 4. The standard InChI is InChI=1S/C11H18N4O/c1-3-5-6-13-11(16)9-7-15-10(8-14-9)12-4-2/h7-8H,3-6H2,1-2H3,(H,12,15)(H,13,16). The molecule has 0 bridgehead atoms. The van der Waals surface area contributed by atoms with Gasteiger partial charge in [0.1, 0.15) is 11.5 Å². The van der Waals surface area contributed by atoms with Crippen LogP contribution in [-0.2, 0) is 0 Å². The van der Waals surface area contributed by atoms with E-state index in [4.69, 9.17) is 0 Å². The quantitative estimate of drug-likeness (QED) is 0.715. The van der Waals surface area contributed by atoms with Gasteiger partial charge >= 0.3 is 0 Å². The van der Waals surface area contributed by atoms with Crippen LogP contribution in [0, 0.1) is 0 Å². The summed E-state index contributed by atoms with van der Waals surface area (Å²) < 4.78 is 0. The minimum Gasteiger partial charge on any atom is -0.369 e. The number of anilines is 1. The monoisotopic (exact) mass is 222 g/mol. The number of nitrogens with one attached hydrogen (secondary N) is 2. The summed E-state index contributed by atoms with van der Waals surface area (Å²) in [7, 11) is 0. The second kappa shape index (κ2) is 6.76. The normalized spacial score (nSPS) is 9.88. The van der Waals surface area contributed by atoms with Crippen molar-refractivity contribution in [1.29, 1.82) is 0 Å². The molecule has 0 unspecified atom stereocenters. The second-order valence-corrected chi connectivity index (χ2v) is 3.43. The lowest BCUT2D eigenvalue weighted by atomic mass is 10.3. The summed E-state index contributed by atoms with van der Waals surface area (Å²) >= 11 is 0. The molecule has 0 saturated heterocycles. The van der Waals surface area contributed by atoms with E-state index in [1.54, 1.807) is 6.20 Å². The van der Waals surface area contributed by atoms with Gasteiger partial charge in [0.15, 0.2) is 0 Å². The highest BCUT2D eigenvalue weighted by atomic mass is 16.1. The van der Waals surface area contributed by atoms with Crippen LogP contribution in [0.15, 0.2) is 12.4 Å². The van der Waals surface area contributed by atoms with Crippen LogP contribution in [0.25, 0.3) is 0 Å². The highest BCUT2D eigenvalue weighted by molar-refractivity contribution is 5.91. The summed E-state index contributed by atoms with van der Waals surface area (Å²) in [5.74, 6) is 0.525. The molecule has 0 fully saturated rings. The number of nitrogens with zero attached hydrogens (tertiary/aromatic N) is 2. The summed E-state index contributed by atoms with van der Waals surface area (Å²) in [5, 5.41) is 5.81. The first-order valence-corrected chi connectivity index (χ1v) is 5.62. The maximum atomic E-state index is 11.6. The fourth-order valence-corrected chi connectivity index (χ4v) is 1.19. The number of rotatable bonds is 6. The number of carbonyl (C=O) groups excluding carboxylic acids is 1. The summed E-state index contributed by atoms with van der Waals surface area (Å²) in [6, 6.07) is 0. The molecule has 0 aliphatic heterocycles. The van der Waals surface area contributed by atoms with Gasteiger partial charge in [0.2, 0.25) is 0 Å². The fourth-order valence-electron chi connectivity index (χ4n) is 1.19. The van der Waals surface area contributed by atoms with Crippen molar-refractivity contribution >= 4 is 11.7 Å². The molecule has 1 aromatic heterocycles. The Morgan fingerprint density at radius 1 is 1.31 bits per heavy atom. The van der Waals surface area contributed by atoms with Crippen LogP contribution in [0.2, 0.25) is 0 Å². The van der Waals surface area contributed by atoms with Crippen LogP contribution in [0.4, 0.5) is 5.82 Å². The lowest BCUT2D eigenvalue weighted by Gasteiger charge is -2.04. The van der Waals surface area contributed by atoms with Crippen molar-refractivity contribution in [2.75, 3.05) is 18.4 Å². The topological polar surface area (TPSA) is 66.9 Å². The molecule has 0 aliphatic carbocycles. The van der Waals surface area contributed by atoms with Crippen LogP contribution >= 0.6 is 0 Å². The van der Waals surface area contributed by atoms with Crippen molar-refractivity contribution < 1.29 is 4.79 Å². The minimum atomic E-state index is -0.163. The Morgan fingerprint density at radius 2 is 2.12 bits per heavy atom. The van der Waals surface area contributed by atoms with E-state index in [1.807, 2.05) is 6.92 Å². The molecular formula is C11H18N4O. The summed E-state index contributed by atoms with van der Waals surface area (Å²) in [6.45, 7) is 5.53. The van der Waals surface area contributed by atoms with Gasteiger partial charge in [0.25, 0.3) is 5.91 Å². The Labute approximate surface area is 95.7 Å². The van der Waals surface area contributed by atoms with E-state index >= 15 is 0 Å². The Morgan fingerprint density at radius 3 is 2.69 bits per heavy atom. The minimum absolute atomic E-state index is 0.163. The van der Waals surface area contributed by atoms with Crippen molar-refractivity contribution in [3.05, 3.63) is 18.1 Å². The molecule has 0 atom stereocenters. The molecule has 0 aliphatic rings. The SMILES string of the molecule is CCCCNC(=O)c1cnc(NCC)cn1. The molecule has 1 rings (SSSR count). The summed E-state index contributed by atoms with van der Waals surface area (Å²) in [5.41, 5.74) is 0.359. The number of hydrogen-bond donors (Lipinski definition) is 2. The van der Waals surface area contributed by atoms with Crippen molar-refractivity contribution in [2.24, 2.45) is 0 Å². The van der Waals surface area contributed by atoms with Crippen LogP contribution in [0.3, 0.4) is 0 Å². The molecule has 0 aromatic carbocycles. The van der Waals surface area contributed by atoms with E-state index < -0.39 is 0 Å². The number of carbonyl (C=O) groups is 1. The van der Waals surface area contributed by atoms with E-state index in [-0.39, 0.29) is 5.91 Å². The van der Waals surface area contributed by atoms with Crippen molar-refractivity contribution in [3.8, 4) is 0 Å². The summed E-state index contributed by atoms with van der Waals surface area (Å²) in [4.78, 5) is 19.7. The maximum absolute atomic E-state index is 11.6. The number of unbranched alkanes of at least 4 members (excludes halogenated alkanes) is 1. The van der Waals surface area contributed by atoms with Crippen LogP contribution in [0.5, 0.6) is 0 Å². The molecule has 88 valence electrons. The Bertz CT molecular complexity index is 323. The molecule has 0 spiro atoms. The smallest absolute Gasteiger partial charge is 0.271 e. The van der Waals surface area contributed by atoms with E-state index in [2.05, 4.69) is 27.5 Å². The van der Waals surface area contributed by atoms with Crippen molar-refractivity contribution in [2.45, 2.75) is 26.7 Å². The molecule has 0 saturated carbocycles. The lowest BCUT2D eigenvalue weighted by molar-refractivity contribution is 0.0948. The molecule has 2 N–H and O–H groups in total. The van der Waals surface area contributed by atoms with Gasteiger partial charge in [-0.15, -0.1) is 0 Å². The van der Waals surface area contributed by atoms with Gasteiger partial charge in [-0.3, -0.25) is 4.79 Å². The van der Waals surface area contributed by atoms with Gasteiger partial charge in [-0.05, 0) is 13.3 Å². The zero-order valence-electron chi connectivity index (χ0n) is 9.79. The van der Waals surface area contributed by atoms with Gasteiger partial charge in [-0.2, -0.15) is 0 Å². The van der Waals surface area contributed by atoms with Crippen LogP contribution in [-0.4, -0.2) is 29.0 Å². The predicted molar refractivity (Wildman–Crippen MR) is 63.4 cm³/mol. The average molecular weight is 222 g/mol. The first-order chi connectivity index (χ1) is 7.77. The largest absolute Gasteiger partial charge is 0.369 e. The molecule has 5 nitrogen and oxygen atoms in total. The van der Waals surface area contributed by atoms with Crippen LogP contribution < -0.4 is 10.6 Å².